The first-order chi connectivity index (χ1) is 21.7. The van der Waals surface area contributed by atoms with E-state index in [-0.39, 0.29) is 93.2 Å². The molecule has 254 valence electrons. The Kier molecular flexibility index (Phi) is 15.7. The van der Waals surface area contributed by atoms with Gasteiger partial charge in [-0.1, -0.05) is 46.8 Å². The molecule has 0 fully saturated rings. The van der Waals surface area contributed by atoms with Crippen LogP contribution >= 0.6 is 0 Å². The molecule has 2 atom stereocenters. The van der Waals surface area contributed by atoms with Crippen LogP contribution in [0.5, 0.6) is 0 Å². The van der Waals surface area contributed by atoms with E-state index in [1.54, 1.807) is 31.2 Å². The molecule has 2 N–H and O–H groups in total. The Labute approximate surface area is 271 Å². The fourth-order valence-electron chi connectivity index (χ4n) is 4.33. The number of imide groups is 1. The number of anilines is 1. The zero-order valence-corrected chi connectivity index (χ0v) is 27.9. The van der Waals surface area contributed by atoms with Crippen molar-refractivity contribution in [2.45, 2.75) is 79.9 Å². The van der Waals surface area contributed by atoms with Gasteiger partial charge in [0, 0.05) is 43.0 Å². The van der Waals surface area contributed by atoms with Crippen LogP contribution in [-0.4, -0.2) is 79.3 Å². The largest absolute Gasteiger partial charge is 0.461 e. The number of nitrogens with zero attached hydrogens (tertiary/aromatic N) is 1. The Bertz CT molecular complexity index is 1220. The van der Waals surface area contributed by atoms with Gasteiger partial charge < -0.3 is 24.8 Å². The molecule has 1 aliphatic rings. The second kappa shape index (κ2) is 18.9. The number of carbonyl (C=O) groups is 6. The molecule has 1 aliphatic heterocycles. The Morgan fingerprint density at radius 1 is 0.826 bits per heavy atom. The van der Waals surface area contributed by atoms with Crippen LogP contribution in [0, 0.1) is 17.3 Å². The van der Waals surface area contributed by atoms with Gasteiger partial charge in [0.05, 0.1) is 33.0 Å². The van der Waals surface area contributed by atoms with Crippen LogP contribution in [0.4, 0.5) is 5.69 Å². The molecule has 0 aliphatic carbocycles. The van der Waals surface area contributed by atoms with Gasteiger partial charge in [-0.2, -0.15) is 0 Å². The summed E-state index contributed by atoms with van der Waals surface area (Å²) in [5.41, 5.74) is 1.37. The molecule has 0 saturated carbocycles. The van der Waals surface area contributed by atoms with Gasteiger partial charge in [-0.05, 0) is 42.4 Å². The Morgan fingerprint density at radius 3 is 2.02 bits per heavy atom. The molecule has 12 nitrogen and oxygen atoms in total. The first-order valence-electron chi connectivity index (χ1n) is 15.7. The van der Waals surface area contributed by atoms with Crippen LogP contribution in [0.15, 0.2) is 36.4 Å². The monoisotopic (exact) mass is 643 g/mol. The maximum Gasteiger partial charge on any atom is 0.306 e. The minimum absolute atomic E-state index is 0.0197. The van der Waals surface area contributed by atoms with Crippen LogP contribution in [0.3, 0.4) is 0 Å². The fraction of sp³-hybridized carbons (Fsp3) is 0.588. The fourth-order valence-corrected chi connectivity index (χ4v) is 4.33. The van der Waals surface area contributed by atoms with Crippen LogP contribution in [-0.2, 0) is 49.6 Å². The molecule has 0 radical (unpaired) electrons. The second-order valence-corrected chi connectivity index (χ2v) is 12.9. The normalized spacial score (nSPS) is 14.4. The maximum atomic E-state index is 13.0. The zero-order chi connectivity index (χ0) is 34.3. The maximum absolute atomic E-state index is 13.0. The van der Waals surface area contributed by atoms with E-state index in [1.807, 2.05) is 13.8 Å². The highest BCUT2D eigenvalue weighted by molar-refractivity contribution is 6.12. The van der Waals surface area contributed by atoms with Gasteiger partial charge in [-0.25, -0.2) is 0 Å². The molecule has 1 aromatic carbocycles. The number of Topliss-reactive ketones (excluding diaryl/α,β-unsaturated/α-hetero) is 1. The molecule has 0 spiro atoms. The average Bonchev–Trinajstić information content (AvgIpc) is 3.31. The van der Waals surface area contributed by atoms with Crippen LogP contribution in [0.25, 0.3) is 0 Å². The molecule has 1 aromatic rings. The van der Waals surface area contributed by atoms with E-state index in [2.05, 4.69) is 31.4 Å². The first kappa shape index (κ1) is 38.3. The van der Waals surface area contributed by atoms with Gasteiger partial charge in [0.2, 0.25) is 11.8 Å². The summed E-state index contributed by atoms with van der Waals surface area (Å²) in [6.07, 6.45) is 3.67. The summed E-state index contributed by atoms with van der Waals surface area (Å²) in [6.45, 7) is 12.6. The number of benzene rings is 1. The Balaban J connectivity index is 1.67. The number of hydrogen-bond donors (Lipinski definition) is 2. The smallest absolute Gasteiger partial charge is 0.306 e. The van der Waals surface area contributed by atoms with Crippen molar-refractivity contribution in [3.63, 3.8) is 0 Å². The van der Waals surface area contributed by atoms with Crippen molar-refractivity contribution in [1.82, 2.24) is 10.2 Å². The molecule has 12 heteroatoms. The SMILES string of the molecule is CC(C)[C@H](CC(=O)CCOCCOCCN1C(=O)C=CC1=O)C(=O)N[C@@H](C)C(=O)Nc1ccc(COC(=O)CCC(C)(C)C)cc1. The Morgan fingerprint density at radius 2 is 1.43 bits per heavy atom. The quantitative estimate of drug-likeness (QED) is 0.123. The molecule has 4 amide bonds. The lowest BCUT2D eigenvalue weighted by molar-refractivity contribution is -0.145. The first-order valence-corrected chi connectivity index (χ1v) is 15.7. The van der Waals surface area contributed by atoms with E-state index in [1.165, 1.54) is 12.2 Å². The molecule has 1 heterocycles. The van der Waals surface area contributed by atoms with Crippen molar-refractivity contribution in [2.24, 2.45) is 17.3 Å². The number of amides is 4. The second-order valence-electron chi connectivity index (χ2n) is 12.9. The summed E-state index contributed by atoms with van der Waals surface area (Å²) < 4.78 is 16.1. The van der Waals surface area contributed by atoms with E-state index in [0.29, 0.717) is 12.1 Å². The number of hydrogen-bond acceptors (Lipinski definition) is 9. The highest BCUT2D eigenvalue weighted by Gasteiger charge is 2.28. The summed E-state index contributed by atoms with van der Waals surface area (Å²) >= 11 is 0. The molecular weight excluding hydrogens is 594 g/mol. The lowest BCUT2D eigenvalue weighted by Crippen LogP contribution is -2.45. The third-order valence-electron chi connectivity index (χ3n) is 7.30. The standard InChI is InChI=1S/C34H49N3O9/c1-23(2)28(21-27(38)14-17-44-19-20-45-18-16-37-29(39)11-12-30(37)40)33(43)35-24(3)32(42)36-26-9-7-25(8-10-26)22-46-31(41)13-15-34(4,5)6/h7-12,23-24,28H,13-22H2,1-6H3,(H,35,43)(H,36,42)/t24-,28-/m0/s1. The van der Waals surface area contributed by atoms with Crippen molar-refractivity contribution >= 4 is 41.1 Å². The summed E-state index contributed by atoms with van der Waals surface area (Å²) in [7, 11) is 0. The van der Waals surface area contributed by atoms with Gasteiger partial charge in [-0.3, -0.25) is 33.7 Å². The highest BCUT2D eigenvalue weighted by atomic mass is 16.5. The molecule has 0 saturated heterocycles. The number of ketones is 1. The van der Waals surface area contributed by atoms with Crippen molar-refractivity contribution in [2.75, 3.05) is 38.3 Å². The highest BCUT2D eigenvalue weighted by Crippen LogP contribution is 2.21. The zero-order valence-electron chi connectivity index (χ0n) is 27.9. The van der Waals surface area contributed by atoms with Gasteiger partial charge in [0.15, 0.2) is 0 Å². The van der Waals surface area contributed by atoms with Crippen molar-refractivity contribution < 1.29 is 43.0 Å². The van der Waals surface area contributed by atoms with Gasteiger partial charge in [-0.15, -0.1) is 0 Å². The van der Waals surface area contributed by atoms with Crippen LogP contribution < -0.4 is 10.6 Å². The average molecular weight is 644 g/mol. The predicted molar refractivity (Wildman–Crippen MR) is 171 cm³/mol. The lowest BCUT2D eigenvalue weighted by Gasteiger charge is -2.22. The molecular formula is C34H49N3O9. The number of carbonyl (C=O) groups excluding carboxylic acids is 6. The third kappa shape index (κ3) is 14.5. The summed E-state index contributed by atoms with van der Waals surface area (Å²) in [5.74, 6) is -2.64. The van der Waals surface area contributed by atoms with Crippen LogP contribution in [0.2, 0.25) is 0 Å². The predicted octanol–water partition coefficient (Wildman–Crippen LogP) is 3.58. The minimum Gasteiger partial charge on any atom is -0.461 e. The van der Waals surface area contributed by atoms with E-state index in [9.17, 15) is 28.8 Å². The van der Waals surface area contributed by atoms with Crippen LogP contribution in [0.1, 0.15) is 72.8 Å². The molecule has 0 unspecified atom stereocenters. The number of nitrogens with one attached hydrogen (secondary N) is 2. The minimum atomic E-state index is -0.839. The summed E-state index contributed by atoms with van der Waals surface area (Å²) in [5, 5.41) is 5.48. The van der Waals surface area contributed by atoms with E-state index < -0.39 is 17.9 Å². The molecule has 46 heavy (non-hydrogen) atoms. The van der Waals surface area contributed by atoms with E-state index in [4.69, 9.17) is 14.2 Å². The summed E-state index contributed by atoms with van der Waals surface area (Å²) in [6, 6.07) is 6.07. The molecule has 0 bridgehead atoms. The van der Waals surface area contributed by atoms with Gasteiger partial charge in [0.1, 0.15) is 18.4 Å². The number of ether oxygens (including phenoxy) is 3. The van der Waals surface area contributed by atoms with Gasteiger partial charge in [0.25, 0.3) is 11.8 Å². The number of esters is 1. The van der Waals surface area contributed by atoms with Crippen molar-refractivity contribution in [3.8, 4) is 0 Å². The van der Waals surface area contributed by atoms with Gasteiger partial charge >= 0.3 is 5.97 Å². The summed E-state index contributed by atoms with van der Waals surface area (Å²) in [4.78, 5) is 74.4. The van der Waals surface area contributed by atoms with Crippen molar-refractivity contribution in [1.29, 1.82) is 0 Å². The number of rotatable bonds is 20. The molecule has 2 rings (SSSR count). The topological polar surface area (TPSA) is 157 Å². The lowest BCUT2D eigenvalue weighted by atomic mass is 9.89. The van der Waals surface area contributed by atoms with E-state index >= 15 is 0 Å². The van der Waals surface area contributed by atoms with Crippen molar-refractivity contribution in [3.05, 3.63) is 42.0 Å². The molecule has 0 aromatic heterocycles. The third-order valence-corrected chi connectivity index (χ3v) is 7.30. The van der Waals surface area contributed by atoms with E-state index in [0.717, 1.165) is 16.9 Å². The Hall–Kier alpha value is -3.90.